The number of benzene rings is 1. The summed E-state index contributed by atoms with van der Waals surface area (Å²) in [7, 11) is 0. The molecule has 0 N–H and O–H groups in total. The molecular weight excluding hydrogens is 342 g/mol. The number of hydrogen-bond donors (Lipinski definition) is 0. The quantitative estimate of drug-likeness (QED) is 0.803. The van der Waals surface area contributed by atoms with Crippen molar-refractivity contribution >= 4 is 17.5 Å². The van der Waals surface area contributed by atoms with E-state index in [9.17, 15) is 4.79 Å². The minimum atomic E-state index is 0.0222. The molecule has 1 aromatic heterocycles. The highest BCUT2D eigenvalue weighted by molar-refractivity contribution is 5.78. The predicted octanol–water partition coefficient (Wildman–Crippen LogP) is 1.80. The number of para-hydroxylation sites is 1. The Bertz CT molecular complexity index is 739. The molecule has 0 atom stereocenters. The predicted molar refractivity (Wildman–Crippen MR) is 104 cm³/mol. The number of nitrogens with zero attached hydrogens (tertiary/aromatic N) is 5. The third kappa shape index (κ3) is 4.30. The summed E-state index contributed by atoms with van der Waals surface area (Å²) in [5.74, 6) is 2.58. The molecule has 2 aliphatic heterocycles. The van der Waals surface area contributed by atoms with Gasteiger partial charge in [0.2, 0.25) is 0 Å². The van der Waals surface area contributed by atoms with Gasteiger partial charge in [0.1, 0.15) is 5.75 Å². The minimum absolute atomic E-state index is 0.0222. The van der Waals surface area contributed by atoms with Crippen molar-refractivity contribution in [2.24, 2.45) is 0 Å². The lowest BCUT2D eigenvalue weighted by Crippen LogP contribution is -2.50. The molecule has 0 spiro atoms. The van der Waals surface area contributed by atoms with Gasteiger partial charge in [-0.1, -0.05) is 18.2 Å². The van der Waals surface area contributed by atoms with E-state index in [-0.39, 0.29) is 12.5 Å². The minimum Gasteiger partial charge on any atom is -0.484 e. The zero-order valence-electron chi connectivity index (χ0n) is 15.5. The van der Waals surface area contributed by atoms with Gasteiger partial charge in [-0.3, -0.25) is 4.79 Å². The standard InChI is InChI=1S/C20H25N5O2/c26-20(16-27-17-6-2-1-3-7-17)25-14-12-24(13-15-25)19-9-8-18(21-22-19)23-10-4-5-11-23/h1-3,6-9H,4-5,10-16H2. The first-order valence-electron chi connectivity index (χ1n) is 9.59. The van der Waals surface area contributed by atoms with Gasteiger partial charge in [0.25, 0.3) is 5.91 Å². The van der Waals surface area contributed by atoms with Crippen LogP contribution in [0.4, 0.5) is 11.6 Å². The van der Waals surface area contributed by atoms with Gasteiger partial charge in [-0.25, -0.2) is 0 Å². The first kappa shape index (κ1) is 17.6. The van der Waals surface area contributed by atoms with Crippen LogP contribution in [0, 0.1) is 0 Å². The molecule has 4 rings (SSSR count). The van der Waals surface area contributed by atoms with Gasteiger partial charge < -0.3 is 19.4 Å². The fourth-order valence-corrected chi connectivity index (χ4v) is 3.54. The van der Waals surface area contributed by atoms with Crippen molar-refractivity contribution in [2.45, 2.75) is 12.8 Å². The average Bonchev–Trinajstić information content (AvgIpc) is 3.28. The van der Waals surface area contributed by atoms with Crippen LogP contribution in [0.1, 0.15) is 12.8 Å². The molecule has 0 bridgehead atoms. The number of amides is 1. The highest BCUT2D eigenvalue weighted by atomic mass is 16.5. The average molecular weight is 367 g/mol. The summed E-state index contributed by atoms with van der Waals surface area (Å²) in [4.78, 5) is 18.7. The molecule has 3 heterocycles. The Morgan fingerprint density at radius 3 is 2.00 bits per heavy atom. The molecule has 0 aliphatic carbocycles. The fourth-order valence-electron chi connectivity index (χ4n) is 3.54. The number of hydrogen-bond acceptors (Lipinski definition) is 6. The third-order valence-corrected chi connectivity index (χ3v) is 5.13. The second kappa shape index (κ2) is 8.24. The molecule has 1 amide bonds. The number of carbonyl (C=O) groups excluding carboxylic acids is 1. The lowest BCUT2D eigenvalue weighted by molar-refractivity contribution is -0.133. The van der Waals surface area contributed by atoms with E-state index in [1.807, 2.05) is 41.3 Å². The van der Waals surface area contributed by atoms with Crippen LogP contribution in [0.25, 0.3) is 0 Å². The third-order valence-electron chi connectivity index (χ3n) is 5.13. The van der Waals surface area contributed by atoms with Crippen LogP contribution >= 0.6 is 0 Å². The van der Waals surface area contributed by atoms with Crippen molar-refractivity contribution in [1.29, 1.82) is 0 Å². The van der Waals surface area contributed by atoms with Crippen molar-refractivity contribution in [3.63, 3.8) is 0 Å². The van der Waals surface area contributed by atoms with E-state index < -0.39 is 0 Å². The Hall–Kier alpha value is -2.83. The van der Waals surface area contributed by atoms with Crippen molar-refractivity contribution in [1.82, 2.24) is 15.1 Å². The van der Waals surface area contributed by atoms with Gasteiger partial charge in [0, 0.05) is 39.3 Å². The van der Waals surface area contributed by atoms with Gasteiger partial charge >= 0.3 is 0 Å². The molecule has 2 aromatic rings. The summed E-state index contributed by atoms with van der Waals surface area (Å²) in [5.41, 5.74) is 0. The molecule has 0 saturated carbocycles. The van der Waals surface area contributed by atoms with E-state index in [0.29, 0.717) is 13.1 Å². The highest BCUT2D eigenvalue weighted by Gasteiger charge is 2.23. The molecular formula is C20H25N5O2. The van der Waals surface area contributed by atoms with E-state index in [0.717, 1.165) is 43.6 Å². The molecule has 2 fully saturated rings. The van der Waals surface area contributed by atoms with Gasteiger partial charge in [-0.05, 0) is 37.1 Å². The van der Waals surface area contributed by atoms with Crippen molar-refractivity contribution in [3.8, 4) is 5.75 Å². The maximum atomic E-state index is 12.4. The second-order valence-electron chi connectivity index (χ2n) is 6.91. The monoisotopic (exact) mass is 367 g/mol. The Balaban J connectivity index is 1.26. The fraction of sp³-hybridized carbons (Fsp3) is 0.450. The Kier molecular flexibility index (Phi) is 5.37. The van der Waals surface area contributed by atoms with Crippen LogP contribution < -0.4 is 14.5 Å². The number of anilines is 2. The van der Waals surface area contributed by atoms with Crippen LogP contribution in [0.3, 0.4) is 0 Å². The van der Waals surface area contributed by atoms with Gasteiger partial charge in [0.05, 0.1) is 0 Å². The van der Waals surface area contributed by atoms with Crippen LogP contribution in [0.2, 0.25) is 0 Å². The molecule has 2 saturated heterocycles. The first-order chi connectivity index (χ1) is 13.3. The summed E-state index contributed by atoms with van der Waals surface area (Å²) < 4.78 is 5.56. The largest absolute Gasteiger partial charge is 0.484 e. The van der Waals surface area contributed by atoms with Crippen molar-refractivity contribution in [3.05, 3.63) is 42.5 Å². The molecule has 27 heavy (non-hydrogen) atoms. The molecule has 7 nitrogen and oxygen atoms in total. The van der Waals surface area contributed by atoms with Gasteiger partial charge in [-0.2, -0.15) is 0 Å². The Morgan fingerprint density at radius 1 is 0.815 bits per heavy atom. The summed E-state index contributed by atoms with van der Waals surface area (Å²) in [6, 6.07) is 13.5. The topological polar surface area (TPSA) is 61.8 Å². The smallest absolute Gasteiger partial charge is 0.260 e. The first-order valence-corrected chi connectivity index (χ1v) is 9.59. The van der Waals surface area contributed by atoms with Gasteiger partial charge in [0.15, 0.2) is 18.2 Å². The van der Waals surface area contributed by atoms with E-state index in [1.54, 1.807) is 0 Å². The zero-order valence-corrected chi connectivity index (χ0v) is 15.5. The maximum absolute atomic E-state index is 12.4. The number of carbonyl (C=O) groups is 1. The normalized spacial score (nSPS) is 17.3. The number of aromatic nitrogens is 2. The summed E-state index contributed by atoms with van der Waals surface area (Å²) >= 11 is 0. The molecule has 0 radical (unpaired) electrons. The molecule has 142 valence electrons. The lowest BCUT2D eigenvalue weighted by atomic mass is 10.3. The van der Waals surface area contributed by atoms with E-state index >= 15 is 0 Å². The van der Waals surface area contributed by atoms with Crippen LogP contribution in [-0.2, 0) is 4.79 Å². The number of piperazine rings is 1. The van der Waals surface area contributed by atoms with E-state index in [4.69, 9.17) is 4.74 Å². The Morgan fingerprint density at radius 2 is 1.41 bits per heavy atom. The van der Waals surface area contributed by atoms with E-state index in [1.165, 1.54) is 12.8 Å². The zero-order chi connectivity index (χ0) is 18.5. The highest BCUT2D eigenvalue weighted by Crippen LogP contribution is 2.20. The molecule has 7 heteroatoms. The van der Waals surface area contributed by atoms with Crippen molar-refractivity contribution in [2.75, 3.05) is 55.7 Å². The van der Waals surface area contributed by atoms with Crippen molar-refractivity contribution < 1.29 is 9.53 Å². The molecule has 1 aromatic carbocycles. The summed E-state index contributed by atoms with van der Waals surface area (Å²) in [6.07, 6.45) is 2.46. The van der Waals surface area contributed by atoms with Gasteiger partial charge in [-0.15, -0.1) is 10.2 Å². The number of rotatable bonds is 5. The van der Waals surface area contributed by atoms with Crippen LogP contribution in [-0.4, -0.2) is 66.9 Å². The maximum Gasteiger partial charge on any atom is 0.260 e. The molecule has 0 unspecified atom stereocenters. The number of ether oxygens (including phenoxy) is 1. The summed E-state index contributed by atoms with van der Waals surface area (Å²) in [6.45, 7) is 5.08. The second-order valence-corrected chi connectivity index (χ2v) is 6.91. The van der Waals surface area contributed by atoms with E-state index in [2.05, 4.69) is 26.1 Å². The van der Waals surface area contributed by atoms with Crippen LogP contribution in [0.5, 0.6) is 5.75 Å². The summed E-state index contributed by atoms with van der Waals surface area (Å²) in [5, 5.41) is 8.79. The van der Waals surface area contributed by atoms with Crippen LogP contribution in [0.15, 0.2) is 42.5 Å². The molecule has 2 aliphatic rings. The SMILES string of the molecule is O=C(COc1ccccc1)N1CCN(c2ccc(N3CCCC3)nn2)CC1. The lowest BCUT2D eigenvalue weighted by Gasteiger charge is -2.35. The Labute approximate surface area is 159 Å².